The first-order valence-electron chi connectivity index (χ1n) is 7.01. The fourth-order valence-corrected chi connectivity index (χ4v) is 1.61. The molecule has 18 heavy (non-hydrogen) atoms. The van der Waals surface area contributed by atoms with Crippen LogP contribution in [0.2, 0.25) is 0 Å². The zero-order valence-electron chi connectivity index (χ0n) is 12.0. The van der Waals surface area contributed by atoms with Crippen molar-refractivity contribution in [2.45, 2.75) is 58.8 Å². The Morgan fingerprint density at radius 1 is 1.00 bits per heavy atom. The number of carbonyl (C=O) groups is 2. The van der Waals surface area contributed by atoms with E-state index in [4.69, 9.17) is 4.74 Å². The van der Waals surface area contributed by atoms with Crippen molar-refractivity contribution < 1.29 is 14.3 Å². The molecule has 0 saturated heterocycles. The lowest BCUT2D eigenvalue weighted by atomic mass is 10.1. The number of unbranched alkanes of at least 4 members (excludes halogenated alkanes) is 4. The SMILES string of the molecule is CCCCCCCC(=O)N(C)CC(=O)OCCC. The molecule has 0 atom stereocenters. The molecule has 0 aliphatic carbocycles. The zero-order chi connectivity index (χ0) is 13.8. The summed E-state index contributed by atoms with van der Waals surface area (Å²) in [6, 6.07) is 0. The number of hydrogen-bond acceptors (Lipinski definition) is 3. The van der Waals surface area contributed by atoms with Crippen LogP contribution in [0.5, 0.6) is 0 Å². The number of ether oxygens (including phenoxy) is 1. The second-order valence-electron chi connectivity index (χ2n) is 4.63. The molecule has 4 heteroatoms. The Hall–Kier alpha value is -1.06. The fourth-order valence-electron chi connectivity index (χ4n) is 1.61. The van der Waals surface area contributed by atoms with Crippen molar-refractivity contribution in [2.24, 2.45) is 0 Å². The highest BCUT2D eigenvalue weighted by Crippen LogP contribution is 2.06. The van der Waals surface area contributed by atoms with Gasteiger partial charge in [-0.1, -0.05) is 39.5 Å². The topological polar surface area (TPSA) is 46.6 Å². The van der Waals surface area contributed by atoms with Crippen molar-refractivity contribution in [1.82, 2.24) is 4.90 Å². The van der Waals surface area contributed by atoms with Crippen LogP contribution < -0.4 is 0 Å². The predicted octanol–water partition coefficient (Wildman–Crippen LogP) is 2.76. The minimum atomic E-state index is -0.321. The highest BCUT2D eigenvalue weighted by molar-refractivity contribution is 5.81. The zero-order valence-corrected chi connectivity index (χ0v) is 12.0. The first-order valence-corrected chi connectivity index (χ1v) is 7.01. The van der Waals surface area contributed by atoms with E-state index < -0.39 is 0 Å². The third kappa shape index (κ3) is 9.02. The molecule has 0 aromatic rings. The van der Waals surface area contributed by atoms with E-state index >= 15 is 0 Å². The second-order valence-corrected chi connectivity index (χ2v) is 4.63. The third-order valence-corrected chi connectivity index (χ3v) is 2.75. The summed E-state index contributed by atoms with van der Waals surface area (Å²) < 4.78 is 4.94. The van der Waals surface area contributed by atoms with Crippen LogP contribution in [0.3, 0.4) is 0 Å². The summed E-state index contributed by atoms with van der Waals surface area (Å²) in [7, 11) is 1.65. The van der Waals surface area contributed by atoms with Crippen LogP contribution in [-0.2, 0) is 14.3 Å². The summed E-state index contributed by atoms with van der Waals surface area (Å²) in [6.45, 7) is 4.60. The molecule has 0 fully saturated rings. The van der Waals surface area contributed by atoms with Gasteiger partial charge in [-0.05, 0) is 12.8 Å². The van der Waals surface area contributed by atoms with E-state index in [9.17, 15) is 9.59 Å². The van der Waals surface area contributed by atoms with E-state index in [-0.39, 0.29) is 18.4 Å². The molecule has 106 valence electrons. The van der Waals surface area contributed by atoms with Crippen molar-refractivity contribution in [2.75, 3.05) is 20.2 Å². The van der Waals surface area contributed by atoms with E-state index in [0.717, 1.165) is 19.3 Å². The van der Waals surface area contributed by atoms with Gasteiger partial charge >= 0.3 is 5.97 Å². The Balaban J connectivity index is 3.65. The number of carbonyl (C=O) groups excluding carboxylic acids is 2. The number of esters is 1. The Labute approximate surface area is 111 Å². The molecule has 0 saturated carbocycles. The van der Waals surface area contributed by atoms with Gasteiger partial charge in [-0.25, -0.2) is 0 Å². The second kappa shape index (κ2) is 11.1. The summed E-state index contributed by atoms with van der Waals surface area (Å²) in [4.78, 5) is 24.5. The Morgan fingerprint density at radius 3 is 2.28 bits per heavy atom. The van der Waals surface area contributed by atoms with E-state index in [1.807, 2.05) is 6.92 Å². The summed E-state index contributed by atoms with van der Waals surface area (Å²) >= 11 is 0. The van der Waals surface area contributed by atoms with E-state index in [1.54, 1.807) is 7.05 Å². The monoisotopic (exact) mass is 257 g/mol. The van der Waals surface area contributed by atoms with Crippen molar-refractivity contribution in [1.29, 1.82) is 0 Å². The van der Waals surface area contributed by atoms with Gasteiger partial charge in [-0.15, -0.1) is 0 Å². The van der Waals surface area contributed by atoms with Gasteiger partial charge in [0.15, 0.2) is 0 Å². The largest absolute Gasteiger partial charge is 0.464 e. The summed E-state index contributed by atoms with van der Waals surface area (Å²) in [6.07, 6.45) is 6.96. The summed E-state index contributed by atoms with van der Waals surface area (Å²) in [5.74, 6) is -0.293. The Bertz CT molecular complexity index is 241. The van der Waals surface area contributed by atoms with Gasteiger partial charge in [0.25, 0.3) is 0 Å². The van der Waals surface area contributed by atoms with Crippen molar-refractivity contribution >= 4 is 11.9 Å². The molecule has 0 radical (unpaired) electrons. The lowest BCUT2D eigenvalue weighted by Crippen LogP contribution is -2.32. The van der Waals surface area contributed by atoms with E-state index in [2.05, 4.69) is 6.92 Å². The van der Waals surface area contributed by atoms with Gasteiger partial charge in [0.1, 0.15) is 6.54 Å². The minimum Gasteiger partial charge on any atom is -0.464 e. The molecule has 0 aliphatic heterocycles. The van der Waals surface area contributed by atoms with E-state index in [1.165, 1.54) is 24.2 Å². The molecule has 0 rings (SSSR count). The molecule has 0 aromatic heterocycles. The van der Waals surface area contributed by atoms with Crippen LogP contribution in [0.4, 0.5) is 0 Å². The number of hydrogen-bond donors (Lipinski definition) is 0. The van der Waals surface area contributed by atoms with Gasteiger partial charge in [0.2, 0.25) is 5.91 Å². The fraction of sp³-hybridized carbons (Fsp3) is 0.857. The molecule has 0 aromatic carbocycles. The Kier molecular flexibility index (Phi) is 10.4. The average Bonchev–Trinajstić information content (AvgIpc) is 2.35. The van der Waals surface area contributed by atoms with Gasteiger partial charge in [0.05, 0.1) is 6.61 Å². The smallest absolute Gasteiger partial charge is 0.325 e. The van der Waals surface area contributed by atoms with Gasteiger partial charge in [-0.3, -0.25) is 9.59 Å². The first-order chi connectivity index (χ1) is 8.61. The van der Waals surface area contributed by atoms with Gasteiger partial charge in [0, 0.05) is 13.5 Å². The molecule has 1 amide bonds. The van der Waals surface area contributed by atoms with Crippen LogP contribution in [-0.4, -0.2) is 37.0 Å². The molecule has 0 N–H and O–H groups in total. The highest BCUT2D eigenvalue weighted by Gasteiger charge is 2.12. The highest BCUT2D eigenvalue weighted by atomic mass is 16.5. The van der Waals surface area contributed by atoms with Crippen LogP contribution in [0.15, 0.2) is 0 Å². The van der Waals surface area contributed by atoms with Crippen molar-refractivity contribution in [3.63, 3.8) is 0 Å². The van der Waals surface area contributed by atoms with Crippen LogP contribution >= 0.6 is 0 Å². The molecular weight excluding hydrogens is 230 g/mol. The minimum absolute atomic E-state index is 0.0277. The van der Waals surface area contributed by atoms with Crippen molar-refractivity contribution in [3.05, 3.63) is 0 Å². The first kappa shape index (κ1) is 16.9. The van der Waals surface area contributed by atoms with Gasteiger partial charge < -0.3 is 9.64 Å². The molecule has 0 aliphatic rings. The standard InChI is InChI=1S/C14H27NO3/c1-4-6-7-8-9-10-13(16)15(3)12-14(17)18-11-5-2/h4-12H2,1-3H3. The van der Waals surface area contributed by atoms with Crippen LogP contribution in [0.1, 0.15) is 58.8 Å². The number of amides is 1. The van der Waals surface area contributed by atoms with Crippen LogP contribution in [0, 0.1) is 0 Å². The summed E-state index contributed by atoms with van der Waals surface area (Å²) in [5, 5.41) is 0. The molecule has 0 unspecified atom stereocenters. The van der Waals surface area contributed by atoms with Crippen molar-refractivity contribution in [3.8, 4) is 0 Å². The predicted molar refractivity (Wildman–Crippen MR) is 72.3 cm³/mol. The lowest BCUT2D eigenvalue weighted by Gasteiger charge is -2.16. The normalized spacial score (nSPS) is 10.2. The molecule has 0 bridgehead atoms. The third-order valence-electron chi connectivity index (χ3n) is 2.75. The van der Waals surface area contributed by atoms with E-state index in [0.29, 0.717) is 13.0 Å². The lowest BCUT2D eigenvalue weighted by molar-refractivity contribution is -0.148. The Morgan fingerprint density at radius 2 is 1.67 bits per heavy atom. The molecular formula is C14H27NO3. The van der Waals surface area contributed by atoms with Crippen LogP contribution in [0.25, 0.3) is 0 Å². The quantitative estimate of drug-likeness (QED) is 0.446. The number of nitrogens with zero attached hydrogens (tertiary/aromatic N) is 1. The molecule has 0 heterocycles. The summed E-state index contributed by atoms with van der Waals surface area (Å²) in [5.41, 5.74) is 0. The maximum absolute atomic E-state index is 11.7. The molecule has 0 spiro atoms. The number of rotatable bonds is 10. The number of likely N-dealkylation sites (N-methyl/N-ethyl adjacent to an activating group) is 1. The maximum Gasteiger partial charge on any atom is 0.325 e. The average molecular weight is 257 g/mol. The molecule has 4 nitrogen and oxygen atoms in total. The maximum atomic E-state index is 11.7. The van der Waals surface area contributed by atoms with Gasteiger partial charge in [-0.2, -0.15) is 0 Å².